The molecule has 16 heavy (non-hydrogen) atoms. The SMILES string of the molecule is C1=CCCCC1.N=NC=NN.N=NC=NN. The summed E-state index contributed by atoms with van der Waals surface area (Å²) in [5, 5.41) is 11.1. The molecule has 0 fully saturated rings. The van der Waals surface area contributed by atoms with Crippen LogP contribution in [0.1, 0.15) is 25.7 Å². The van der Waals surface area contributed by atoms with E-state index < -0.39 is 0 Å². The van der Waals surface area contributed by atoms with Gasteiger partial charge in [-0.3, -0.25) is 0 Å². The molecule has 1 aliphatic rings. The van der Waals surface area contributed by atoms with Crippen LogP contribution < -0.4 is 11.7 Å². The number of hydrazone groups is 2. The zero-order chi connectivity index (χ0) is 12.5. The van der Waals surface area contributed by atoms with Gasteiger partial charge < -0.3 is 11.7 Å². The van der Waals surface area contributed by atoms with E-state index in [1.807, 2.05) is 0 Å². The summed E-state index contributed by atoms with van der Waals surface area (Å²) in [5.74, 6) is 8.99. The summed E-state index contributed by atoms with van der Waals surface area (Å²) in [7, 11) is 0. The standard InChI is InChI=1S/C6H10.2CH4N4/c1-2-4-6-5-3-1;2*2-4-1-5-3/h1-2H,3-6H2;2*1-2H,3H2. The topological polar surface area (TPSA) is 149 Å². The monoisotopic (exact) mass is 226 g/mol. The van der Waals surface area contributed by atoms with Crippen LogP contribution in [0, 0.1) is 11.1 Å². The Kier molecular flexibility index (Phi) is 19.0. The predicted molar refractivity (Wildman–Crippen MR) is 63.3 cm³/mol. The maximum atomic E-state index is 6.00. The van der Waals surface area contributed by atoms with Crippen LogP contribution in [-0.4, -0.2) is 12.7 Å². The Labute approximate surface area is 94.5 Å². The van der Waals surface area contributed by atoms with Gasteiger partial charge in [0.1, 0.15) is 0 Å². The van der Waals surface area contributed by atoms with E-state index in [4.69, 9.17) is 11.1 Å². The van der Waals surface area contributed by atoms with Crippen LogP contribution in [0.4, 0.5) is 0 Å². The predicted octanol–water partition coefficient (Wildman–Crippen LogP) is 1.96. The fraction of sp³-hybridized carbons (Fsp3) is 0.500. The van der Waals surface area contributed by atoms with Crippen molar-refractivity contribution in [3.8, 4) is 0 Å². The Bertz CT molecular complexity index is 208. The first-order valence-electron chi connectivity index (χ1n) is 4.65. The van der Waals surface area contributed by atoms with Crippen molar-refractivity contribution >= 4 is 12.7 Å². The van der Waals surface area contributed by atoms with Gasteiger partial charge in [0.05, 0.1) is 0 Å². The third-order valence-corrected chi connectivity index (χ3v) is 1.41. The van der Waals surface area contributed by atoms with Crippen molar-refractivity contribution in [2.45, 2.75) is 25.7 Å². The minimum atomic E-state index is 0.944. The largest absolute Gasteiger partial charge is 0.322 e. The van der Waals surface area contributed by atoms with Gasteiger partial charge in [0.15, 0.2) is 12.7 Å². The second-order valence-corrected chi connectivity index (χ2v) is 2.54. The van der Waals surface area contributed by atoms with Crippen LogP contribution in [0.2, 0.25) is 0 Å². The normalized spacial score (nSPS) is 13.5. The van der Waals surface area contributed by atoms with Gasteiger partial charge in [0.25, 0.3) is 0 Å². The molecule has 0 aromatic heterocycles. The summed E-state index contributed by atoms with van der Waals surface area (Å²) in [6, 6.07) is 0. The molecule has 1 aliphatic carbocycles. The third-order valence-electron chi connectivity index (χ3n) is 1.41. The van der Waals surface area contributed by atoms with Crippen molar-refractivity contribution in [2.75, 3.05) is 0 Å². The number of nitrogens with one attached hydrogen (secondary N) is 2. The molecular weight excluding hydrogens is 208 g/mol. The Morgan fingerprint density at radius 1 is 0.875 bits per heavy atom. The molecule has 0 aromatic carbocycles. The molecule has 0 aromatic rings. The Morgan fingerprint density at radius 3 is 1.31 bits per heavy atom. The molecular formula is C8H18N8. The van der Waals surface area contributed by atoms with Gasteiger partial charge in [-0.2, -0.15) is 10.2 Å². The molecule has 0 radical (unpaired) electrons. The molecule has 0 heterocycles. The zero-order valence-electron chi connectivity index (χ0n) is 9.08. The lowest BCUT2D eigenvalue weighted by Gasteiger charge is -1.97. The molecule has 1 rings (SSSR count). The molecule has 8 heteroatoms. The lowest BCUT2D eigenvalue weighted by atomic mass is 10.1. The minimum Gasteiger partial charge on any atom is -0.322 e. The summed E-state index contributed by atoms with van der Waals surface area (Å²) in [5.41, 5.74) is 12.0. The summed E-state index contributed by atoms with van der Waals surface area (Å²) in [4.78, 5) is 0. The first-order chi connectivity index (χ1) is 7.83. The van der Waals surface area contributed by atoms with Crippen LogP contribution in [-0.2, 0) is 0 Å². The van der Waals surface area contributed by atoms with Crippen LogP contribution in [0.25, 0.3) is 0 Å². The molecule has 0 unspecified atom stereocenters. The Morgan fingerprint density at radius 2 is 1.25 bits per heavy atom. The summed E-state index contributed by atoms with van der Waals surface area (Å²) >= 11 is 0. The highest BCUT2D eigenvalue weighted by atomic mass is 15.2. The van der Waals surface area contributed by atoms with Crippen molar-refractivity contribution in [3.05, 3.63) is 12.2 Å². The number of allylic oxidation sites excluding steroid dienone is 2. The van der Waals surface area contributed by atoms with Gasteiger partial charge in [-0.1, -0.05) is 12.2 Å². The van der Waals surface area contributed by atoms with E-state index in [1.54, 1.807) is 0 Å². The van der Waals surface area contributed by atoms with E-state index in [-0.39, 0.29) is 0 Å². The lowest BCUT2D eigenvalue weighted by molar-refractivity contribution is 0.730. The molecule has 0 spiro atoms. The molecule has 90 valence electrons. The molecule has 8 nitrogen and oxygen atoms in total. The van der Waals surface area contributed by atoms with Gasteiger partial charge in [-0.05, 0) is 25.7 Å². The number of nitrogens with zero attached hydrogens (tertiary/aromatic N) is 4. The van der Waals surface area contributed by atoms with E-state index in [0.717, 1.165) is 12.7 Å². The average Bonchev–Trinajstić information content (AvgIpc) is 2.35. The molecule has 0 bridgehead atoms. The van der Waals surface area contributed by atoms with E-state index in [9.17, 15) is 0 Å². The molecule has 6 N–H and O–H groups in total. The van der Waals surface area contributed by atoms with Crippen molar-refractivity contribution in [3.63, 3.8) is 0 Å². The first-order valence-corrected chi connectivity index (χ1v) is 4.65. The smallest absolute Gasteiger partial charge is 0.156 e. The fourth-order valence-corrected chi connectivity index (χ4v) is 0.827. The Hall–Kier alpha value is -2.12. The third kappa shape index (κ3) is 22.6. The quantitative estimate of drug-likeness (QED) is 0.142. The van der Waals surface area contributed by atoms with Crippen LogP contribution >= 0.6 is 0 Å². The molecule has 0 saturated carbocycles. The van der Waals surface area contributed by atoms with E-state index in [0.29, 0.717) is 0 Å². The fourth-order valence-electron chi connectivity index (χ4n) is 0.827. The van der Waals surface area contributed by atoms with Gasteiger partial charge in [0, 0.05) is 0 Å². The number of rotatable bonds is 2. The van der Waals surface area contributed by atoms with Crippen LogP contribution in [0.15, 0.2) is 32.6 Å². The van der Waals surface area contributed by atoms with Gasteiger partial charge in [-0.15, -0.1) is 10.2 Å². The van der Waals surface area contributed by atoms with Gasteiger partial charge >= 0.3 is 0 Å². The Balaban J connectivity index is 0. The molecule has 0 amide bonds. The van der Waals surface area contributed by atoms with Crippen molar-refractivity contribution in [2.24, 2.45) is 32.1 Å². The first kappa shape index (κ1) is 16.3. The zero-order valence-corrected chi connectivity index (χ0v) is 9.08. The molecule has 0 aliphatic heterocycles. The summed E-state index contributed by atoms with van der Waals surface area (Å²) in [6.45, 7) is 0. The lowest BCUT2D eigenvalue weighted by Crippen LogP contribution is -1.77. The van der Waals surface area contributed by atoms with Gasteiger partial charge in [-0.25, -0.2) is 11.1 Å². The molecule has 0 saturated heterocycles. The highest BCUT2D eigenvalue weighted by Gasteiger charge is 1.87. The van der Waals surface area contributed by atoms with E-state index in [2.05, 4.69) is 44.3 Å². The van der Waals surface area contributed by atoms with E-state index >= 15 is 0 Å². The van der Waals surface area contributed by atoms with Crippen molar-refractivity contribution in [1.29, 1.82) is 11.1 Å². The second kappa shape index (κ2) is 18.6. The van der Waals surface area contributed by atoms with Gasteiger partial charge in [0.2, 0.25) is 0 Å². The average molecular weight is 226 g/mol. The summed E-state index contributed by atoms with van der Waals surface area (Å²) in [6.07, 6.45) is 11.9. The minimum absolute atomic E-state index is 0.944. The second-order valence-electron chi connectivity index (χ2n) is 2.54. The highest BCUT2D eigenvalue weighted by Crippen LogP contribution is 2.07. The number of nitrogens with two attached hydrogens (primary N) is 2. The van der Waals surface area contributed by atoms with Crippen LogP contribution in [0.3, 0.4) is 0 Å². The van der Waals surface area contributed by atoms with E-state index in [1.165, 1.54) is 25.7 Å². The maximum absolute atomic E-state index is 6.00. The van der Waals surface area contributed by atoms with Crippen LogP contribution in [0.5, 0.6) is 0 Å². The van der Waals surface area contributed by atoms with Crippen molar-refractivity contribution < 1.29 is 0 Å². The van der Waals surface area contributed by atoms with Crippen molar-refractivity contribution in [1.82, 2.24) is 0 Å². The molecule has 0 atom stereocenters. The number of hydrogen-bond acceptors (Lipinski definition) is 6. The summed E-state index contributed by atoms with van der Waals surface area (Å²) < 4.78 is 0. The number of hydrogen-bond donors (Lipinski definition) is 4. The highest BCUT2D eigenvalue weighted by molar-refractivity contribution is 5.53. The maximum Gasteiger partial charge on any atom is 0.156 e.